The topological polar surface area (TPSA) is 112 Å². The monoisotopic (exact) mass is 626 g/mol. The van der Waals surface area contributed by atoms with Gasteiger partial charge in [0.15, 0.2) is 5.69 Å². The molecule has 0 saturated carbocycles. The molecule has 3 aromatic rings. The average Bonchev–Trinajstić information content (AvgIpc) is 3.52. The minimum atomic E-state index is -3.64. The van der Waals surface area contributed by atoms with E-state index in [0.717, 1.165) is 0 Å². The Bertz CT molecular complexity index is 1480. The lowest BCUT2D eigenvalue weighted by Crippen LogP contribution is -2.44. The third-order valence-electron chi connectivity index (χ3n) is 6.86. The van der Waals surface area contributed by atoms with Crippen LogP contribution in [0, 0.1) is 5.82 Å². The second-order valence-electron chi connectivity index (χ2n) is 9.60. The van der Waals surface area contributed by atoms with Crippen molar-refractivity contribution in [2.75, 3.05) is 32.9 Å². The van der Waals surface area contributed by atoms with E-state index in [2.05, 4.69) is 10.4 Å². The molecular weight excluding hydrogens is 593 g/mol. The number of hydrogen-bond acceptors (Lipinski definition) is 8. The van der Waals surface area contributed by atoms with Crippen molar-refractivity contribution in [3.05, 3.63) is 58.5 Å². The second-order valence-corrected chi connectivity index (χ2v) is 12.0. The van der Waals surface area contributed by atoms with E-state index in [9.17, 15) is 22.9 Å². The fourth-order valence-electron chi connectivity index (χ4n) is 4.96. The average molecular weight is 627 g/mol. The maximum Gasteiger partial charge on any atom is 0.361 e. The Morgan fingerprint density at radius 1 is 1.12 bits per heavy atom. The molecule has 1 N–H and O–H groups in total. The van der Waals surface area contributed by atoms with Gasteiger partial charge in [-0.2, -0.15) is 5.10 Å². The van der Waals surface area contributed by atoms with Crippen molar-refractivity contribution < 1.29 is 36.7 Å². The van der Waals surface area contributed by atoms with Gasteiger partial charge in [0.25, 0.3) is 0 Å². The predicted molar refractivity (Wildman–Crippen MR) is 154 cm³/mol. The van der Waals surface area contributed by atoms with Crippen LogP contribution < -0.4 is 10.6 Å². The molecular formula is C28H34ClF2N4O6P. The molecule has 228 valence electrons. The van der Waals surface area contributed by atoms with Gasteiger partial charge in [0.05, 0.1) is 48.3 Å². The lowest BCUT2D eigenvalue weighted by molar-refractivity contribution is -0.125. The summed E-state index contributed by atoms with van der Waals surface area (Å²) in [5.41, 5.74) is 0.770. The third-order valence-corrected chi connectivity index (χ3v) is 9.26. The largest absolute Gasteiger partial charge is 0.461 e. The zero-order chi connectivity index (χ0) is 30.4. The fraction of sp³-hybridized carbons (Fsp3) is 0.464. The molecule has 14 heteroatoms. The van der Waals surface area contributed by atoms with Crippen molar-refractivity contribution in [3.8, 4) is 0 Å². The molecule has 0 radical (unpaired) electrons. The van der Waals surface area contributed by atoms with E-state index in [1.165, 1.54) is 16.8 Å². The van der Waals surface area contributed by atoms with Crippen molar-refractivity contribution >= 4 is 47.3 Å². The number of carbonyl (C=O) groups is 2. The van der Waals surface area contributed by atoms with E-state index < -0.39 is 37.5 Å². The number of alkyl halides is 1. The van der Waals surface area contributed by atoms with E-state index >= 15 is 0 Å². The molecule has 42 heavy (non-hydrogen) atoms. The molecule has 1 saturated heterocycles. The van der Waals surface area contributed by atoms with Gasteiger partial charge in [0.2, 0.25) is 5.91 Å². The Morgan fingerprint density at radius 3 is 2.55 bits per heavy atom. The van der Waals surface area contributed by atoms with E-state index in [4.69, 9.17) is 25.4 Å². The normalized spacial score (nSPS) is 17.6. The lowest BCUT2D eigenvalue weighted by atomic mass is 10.1. The van der Waals surface area contributed by atoms with Gasteiger partial charge >= 0.3 is 13.6 Å². The van der Waals surface area contributed by atoms with E-state index in [1.807, 2.05) is 0 Å². The Hall–Kier alpha value is -2.89. The molecule has 1 aliphatic heterocycles. The minimum Gasteiger partial charge on any atom is -0.461 e. The highest BCUT2D eigenvalue weighted by Crippen LogP contribution is 2.47. The van der Waals surface area contributed by atoms with Crippen LogP contribution in [-0.2, 0) is 36.2 Å². The highest BCUT2D eigenvalue weighted by molar-refractivity contribution is 7.62. The van der Waals surface area contributed by atoms with Crippen molar-refractivity contribution in [3.63, 3.8) is 0 Å². The standard InChI is InChI=1S/C28H34ClF2N4O6P/c1-4-39-28(37)26-21-11-10-20(42(38,40-5-2)41-6-3)15-23(21)35(33-26)13-12-34-17-19(30)14-24(34)27(36)32-16-18-8-7-9-22(29)25(18)31/h7-11,15,19,24H,4-6,12-14,16-17H2,1-3H3,(H,32,36)/t19-,24+/m1/s1. The Labute approximate surface area is 247 Å². The molecule has 10 nitrogen and oxygen atoms in total. The van der Waals surface area contributed by atoms with Gasteiger partial charge in [0.1, 0.15) is 12.0 Å². The highest BCUT2D eigenvalue weighted by atomic mass is 35.5. The number of rotatable bonds is 13. The summed E-state index contributed by atoms with van der Waals surface area (Å²) in [6, 6.07) is 8.50. The number of aromatic nitrogens is 2. The summed E-state index contributed by atoms with van der Waals surface area (Å²) in [7, 11) is -3.64. The molecule has 2 atom stereocenters. The molecule has 0 aliphatic carbocycles. The zero-order valence-corrected chi connectivity index (χ0v) is 25.3. The smallest absolute Gasteiger partial charge is 0.361 e. The number of likely N-dealkylation sites (tertiary alicyclic amines) is 1. The fourth-order valence-corrected chi connectivity index (χ4v) is 6.74. The van der Waals surface area contributed by atoms with Gasteiger partial charge in [0, 0.05) is 37.0 Å². The van der Waals surface area contributed by atoms with Gasteiger partial charge in [-0.3, -0.25) is 18.9 Å². The highest BCUT2D eigenvalue weighted by Gasteiger charge is 2.37. The Kier molecular flexibility index (Phi) is 10.7. The van der Waals surface area contributed by atoms with Crippen LogP contribution in [0.2, 0.25) is 5.02 Å². The van der Waals surface area contributed by atoms with Gasteiger partial charge in [-0.1, -0.05) is 23.7 Å². The molecule has 0 spiro atoms. The summed E-state index contributed by atoms with van der Waals surface area (Å²) in [6.45, 7) is 5.88. The number of hydrogen-bond donors (Lipinski definition) is 1. The molecule has 0 bridgehead atoms. The number of fused-ring (bicyclic) bond motifs is 1. The number of halogens is 3. The van der Waals surface area contributed by atoms with E-state index in [-0.39, 0.29) is 68.7 Å². The van der Waals surface area contributed by atoms with Crippen LogP contribution in [-0.4, -0.2) is 71.7 Å². The number of ether oxygens (including phenoxy) is 1. The number of benzene rings is 2. The van der Waals surface area contributed by atoms with Crippen LogP contribution >= 0.6 is 19.2 Å². The molecule has 1 amide bonds. The summed E-state index contributed by atoms with van der Waals surface area (Å²) in [4.78, 5) is 27.4. The Morgan fingerprint density at radius 2 is 1.86 bits per heavy atom. The number of amides is 1. The summed E-state index contributed by atoms with van der Waals surface area (Å²) in [6.07, 6.45) is -1.25. The van der Waals surface area contributed by atoms with Gasteiger partial charge < -0.3 is 19.1 Å². The molecule has 0 unspecified atom stereocenters. The third kappa shape index (κ3) is 7.01. The number of nitrogens with zero attached hydrogens (tertiary/aromatic N) is 3. The van der Waals surface area contributed by atoms with Crippen LogP contribution in [0.15, 0.2) is 36.4 Å². The number of esters is 1. The zero-order valence-electron chi connectivity index (χ0n) is 23.6. The summed E-state index contributed by atoms with van der Waals surface area (Å²) < 4.78 is 59.9. The minimum absolute atomic E-state index is 0.0165. The van der Waals surface area contributed by atoms with Crippen molar-refractivity contribution in [2.24, 2.45) is 0 Å². The molecule has 1 aromatic heterocycles. The van der Waals surface area contributed by atoms with Crippen LogP contribution in [0.1, 0.15) is 43.2 Å². The first-order valence-corrected chi connectivity index (χ1v) is 15.7. The van der Waals surface area contributed by atoms with Crippen LogP contribution in [0.4, 0.5) is 8.78 Å². The predicted octanol–water partition coefficient (Wildman–Crippen LogP) is 4.63. The maximum absolute atomic E-state index is 14.5. The molecule has 4 rings (SSSR count). The first kappa shape index (κ1) is 32.0. The van der Waals surface area contributed by atoms with Crippen LogP contribution in [0.3, 0.4) is 0 Å². The van der Waals surface area contributed by atoms with Gasteiger partial charge in [-0.15, -0.1) is 0 Å². The number of nitrogens with one attached hydrogen (secondary N) is 1. The first-order valence-electron chi connectivity index (χ1n) is 13.8. The van der Waals surface area contributed by atoms with Gasteiger partial charge in [-0.25, -0.2) is 13.6 Å². The van der Waals surface area contributed by atoms with Crippen molar-refractivity contribution in [1.29, 1.82) is 0 Å². The van der Waals surface area contributed by atoms with E-state index in [1.54, 1.807) is 49.9 Å². The molecule has 1 fully saturated rings. The quantitative estimate of drug-likeness (QED) is 0.216. The van der Waals surface area contributed by atoms with Crippen LogP contribution in [0.5, 0.6) is 0 Å². The molecule has 1 aliphatic rings. The first-order chi connectivity index (χ1) is 20.1. The van der Waals surface area contributed by atoms with Crippen LogP contribution in [0.25, 0.3) is 10.9 Å². The number of carbonyl (C=O) groups excluding carboxylic acids is 2. The summed E-state index contributed by atoms with van der Waals surface area (Å²) >= 11 is 5.83. The van der Waals surface area contributed by atoms with Crippen molar-refractivity contribution in [2.45, 2.75) is 52.5 Å². The summed E-state index contributed by atoms with van der Waals surface area (Å²) in [5, 5.41) is 7.86. The SMILES string of the molecule is CCOC(=O)c1nn(CCN2C[C@H](F)C[C@H]2C(=O)NCc2cccc(Cl)c2F)c2cc(P(=O)(OCC)OCC)ccc12. The van der Waals surface area contributed by atoms with E-state index in [0.29, 0.717) is 16.2 Å². The second kappa shape index (κ2) is 14.1. The van der Waals surface area contributed by atoms with Gasteiger partial charge in [-0.05, 0) is 45.0 Å². The molecule has 2 heterocycles. The Balaban J connectivity index is 1.57. The molecule has 2 aromatic carbocycles. The summed E-state index contributed by atoms with van der Waals surface area (Å²) in [5.74, 6) is -1.68. The maximum atomic E-state index is 14.5. The lowest BCUT2D eigenvalue weighted by Gasteiger charge is -2.23. The van der Waals surface area contributed by atoms with Crippen molar-refractivity contribution in [1.82, 2.24) is 20.0 Å².